The Kier molecular flexibility index (Phi) is 7.91. The summed E-state index contributed by atoms with van der Waals surface area (Å²) in [7, 11) is 0. The van der Waals surface area contributed by atoms with Gasteiger partial charge in [0.1, 0.15) is 0 Å². The first-order chi connectivity index (χ1) is 16.2. The molecule has 0 aromatic carbocycles. The molecule has 0 bridgehead atoms. The fraction of sp³-hybridized carbons (Fsp3) is 0.964. The Hall–Kier alpha value is -0.850. The average molecular weight is 475 g/mol. The van der Waals surface area contributed by atoms with Gasteiger partial charge in [-0.3, -0.25) is 4.79 Å². The van der Waals surface area contributed by atoms with Crippen LogP contribution in [0.15, 0.2) is 5.18 Å². The van der Waals surface area contributed by atoms with Crippen LogP contribution in [0.5, 0.6) is 0 Å². The van der Waals surface area contributed by atoms with Crippen molar-refractivity contribution in [2.24, 2.45) is 57.2 Å². The van der Waals surface area contributed by atoms with Gasteiger partial charge in [-0.2, -0.15) is 0 Å². The summed E-state index contributed by atoms with van der Waals surface area (Å²) in [6.07, 6.45) is 12.6. The Balaban J connectivity index is 1.43. The Morgan fingerprint density at radius 2 is 1.85 bits per heavy atom. The number of hydrogen-bond donors (Lipinski definition) is 3. The molecule has 9 atom stereocenters. The molecule has 34 heavy (non-hydrogen) atoms. The summed E-state index contributed by atoms with van der Waals surface area (Å²) in [5.74, 6) is 3.71. The summed E-state index contributed by atoms with van der Waals surface area (Å²) < 4.78 is 0. The molecule has 5 unspecified atom stereocenters. The maximum Gasteiger partial charge on any atom is 0.286 e. The van der Waals surface area contributed by atoms with E-state index in [1.54, 1.807) is 0 Å². The van der Waals surface area contributed by atoms with E-state index < -0.39 is 5.91 Å². The lowest BCUT2D eigenvalue weighted by Gasteiger charge is -2.65. The first-order valence-corrected chi connectivity index (χ1v) is 14.2. The van der Waals surface area contributed by atoms with Gasteiger partial charge in [0, 0.05) is 23.8 Å². The Bertz CT molecular complexity index is 746. The van der Waals surface area contributed by atoms with E-state index in [1.165, 1.54) is 57.8 Å². The predicted octanol–water partition coefficient (Wildman–Crippen LogP) is 5.21. The van der Waals surface area contributed by atoms with E-state index in [9.17, 15) is 9.70 Å². The maximum absolute atomic E-state index is 11.5. The molecule has 0 aliphatic heterocycles. The van der Waals surface area contributed by atoms with Crippen molar-refractivity contribution in [2.45, 2.75) is 104 Å². The van der Waals surface area contributed by atoms with E-state index in [-0.39, 0.29) is 11.0 Å². The number of amides is 1. The summed E-state index contributed by atoms with van der Waals surface area (Å²) in [6.45, 7) is 12.6. The number of carbonyl (C=O) groups excluding carboxylic acids is 1. The summed E-state index contributed by atoms with van der Waals surface area (Å²) >= 11 is 0. The van der Waals surface area contributed by atoms with Crippen molar-refractivity contribution >= 4 is 5.91 Å². The first-order valence-electron chi connectivity index (χ1n) is 14.2. The fourth-order valence-electron chi connectivity index (χ4n) is 9.69. The number of nitrogens with one attached hydrogen (secondary N) is 2. The molecule has 0 aromatic rings. The second kappa shape index (κ2) is 10.3. The number of nitrogens with zero attached hydrogens (tertiary/aromatic N) is 1. The number of hydrogen-bond acceptors (Lipinski definition) is 5. The van der Waals surface area contributed by atoms with Crippen molar-refractivity contribution in [3.63, 3.8) is 0 Å². The van der Waals surface area contributed by atoms with Crippen LogP contribution in [0.4, 0.5) is 0 Å². The van der Waals surface area contributed by atoms with Crippen molar-refractivity contribution in [3.05, 3.63) is 4.91 Å². The Morgan fingerprint density at radius 3 is 2.59 bits per heavy atom. The molecule has 6 nitrogen and oxygen atoms in total. The summed E-state index contributed by atoms with van der Waals surface area (Å²) in [5, 5.41) is 9.59. The van der Waals surface area contributed by atoms with Crippen molar-refractivity contribution in [3.8, 4) is 0 Å². The third-order valence-corrected chi connectivity index (χ3v) is 11.7. The lowest BCUT2D eigenvalue weighted by Crippen LogP contribution is -2.66. The van der Waals surface area contributed by atoms with Crippen LogP contribution in [-0.2, 0) is 4.79 Å². The van der Waals surface area contributed by atoms with Gasteiger partial charge in [-0.1, -0.05) is 27.7 Å². The van der Waals surface area contributed by atoms with Gasteiger partial charge in [0.05, 0.1) is 0 Å². The molecule has 4 aliphatic carbocycles. The maximum atomic E-state index is 11.5. The second-order valence-electron chi connectivity index (χ2n) is 13.1. The minimum absolute atomic E-state index is 0.0157. The molecule has 0 spiro atoms. The Labute approximate surface area is 207 Å². The normalized spacial score (nSPS) is 44.6. The van der Waals surface area contributed by atoms with Gasteiger partial charge in [-0.15, -0.1) is 4.91 Å². The van der Waals surface area contributed by atoms with Crippen molar-refractivity contribution in [1.29, 1.82) is 0 Å². The minimum atomic E-state index is -0.484. The van der Waals surface area contributed by atoms with Gasteiger partial charge in [-0.05, 0) is 124 Å². The summed E-state index contributed by atoms with van der Waals surface area (Å²) in [5.41, 5.74) is 7.96. The highest BCUT2D eigenvalue weighted by Gasteiger charge is 2.63. The SMILES string of the molecule is CCNCNCC1CC[C@]2(C)C3CC[C@@]4(C)C(CC[C@@H]4C(C)CCC(=O)N=O)C3CC[C@@]2(N)C1. The van der Waals surface area contributed by atoms with Gasteiger partial charge in [-0.25, -0.2) is 0 Å². The molecule has 4 N–H and O–H groups in total. The molecule has 4 rings (SSSR count). The zero-order valence-corrected chi connectivity index (χ0v) is 22.2. The topological polar surface area (TPSA) is 96.6 Å². The highest BCUT2D eigenvalue weighted by molar-refractivity contribution is 5.76. The summed E-state index contributed by atoms with van der Waals surface area (Å²) in [4.78, 5) is 22.0. The molecule has 0 saturated heterocycles. The molecule has 4 saturated carbocycles. The van der Waals surface area contributed by atoms with Crippen LogP contribution in [0.2, 0.25) is 0 Å². The minimum Gasteiger partial charge on any atom is -0.325 e. The van der Waals surface area contributed by atoms with E-state index in [0.717, 1.165) is 43.9 Å². The van der Waals surface area contributed by atoms with Crippen LogP contribution in [-0.4, -0.2) is 31.2 Å². The molecular formula is C28H50N4O2. The molecule has 4 fully saturated rings. The molecular weight excluding hydrogens is 424 g/mol. The average Bonchev–Trinajstić information content (AvgIpc) is 3.18. The van der Waals surface area contributed by atoms with Crippen molar-refractivity contribution in [2.75, 3.05) is 19.8 Å². The van der Waals surface area contributed by atoms with Crippen molar-refractivity contribution in [1.82, 2.24) is 10.6 Å². The largest absolute Gasteiger partial charge is 0.325 e. The van der Waals surface area contributed by atoms with Crippen LogP contribution in [0, 0.1) is 51.2 Å². The van der Waals surface area contributed by atoms with Gasteiger partial charge in [0.25, 0.3) is 5.91 Å². The third-order valence-electron chi connectivity index (χ3n) is 11.7. The number of rotatable bonds is 9. The number of carbonyl (C=O) groups is 1. The molecule has 6 heteroatoms. The lowest BCUT2D eigenvalue weighted by molar-refractivity contribution is -0.132. The van der Waals surface area contributed by atoms with Gasteiger partial charge in [0.15, 0.2) is 0 Å². The quantitative estimate of drug-likeness (QED) is 0.242. The van der Waals surface area contributed by atoms with Gasteiger partial charge >= 0.3 is 0 Å². The van der Waals surface area contributed by atoms with Crippen molar-refractivity contribution < 1.29 is 4.79 Å². The van der Waals surface area contributed by atoms with E-state index in [1.807, 2.05) is 0 Å². The van der Waals surface area contributed by atoms with E-state index in [2.05, 4.69) is 43.5 Å². The van der Waals surface area contributed by atoms with Gasteiger partial charge < -0.3 is 16.4 Å². The zero-order valence-electron chi connectivity index (χ0n) is 22.2. The second-order valence-corrected chi connectivity index (χ2v) is 13.1. The lowest BCUT2D eigenvalue weighted by atomic mass is 9.41. The first kappa shape index (κ1) is 26.2. The molecule has 0 radical (unpaired) electrons. The molecule has 1 amide bonds. The Morgan fingerprint density at radius 1 is 1.06 bits per heavy atom. The molecule has 0 heterocycles. The predicted molar refractivity (Wildman–Crippen MR) is 138 cm³/mol. The standard InChI is InChI=1S/C28H50N4O2/c1-5-30-18-31-17-20-10-14-27(4)24-12-13-26(3)22(19(2)6-9-25(33)32-34)7-8-23(26)21(24)11-15-28(27,29)16-20/h19-24,30-31H,5-18,29H2,1-4H3/t19?,20?,21?,22-,23?,24?,26-,27-,28-/m1/s1. The number of fused-ring (bicyclic) bond motifs is 5. The fourth-order valence-corrected chi connectivity index (χ4v) is 9.69. The van der Waals surface area contributed by atoms with Crippen LogP contribution in [0.25, 0.3) is 0 Å². The van der Waals surface area contributed by atoms with Crippen LogP contribution < -0.4 is 16.4 Å². The number of nitroso groups, excluding NO2 is 1. The van der Waals surface area contributed by atoms with Crippen LogP contribution >= 0.6 is 0 Å². The highest BCUT2D eigenvalue weighted by Crippen LogP contribution is 2.69. The molecule has 0 aromatic heterocycles. The number of nitrogens with two attached hydrogens (primary N) is 1. The molecule has 194 valence electrons. The third kappa shape index (κ3) is 4.52. The highest BCUT2D eigenvalue weighted by atomic mass is 16.3. The van der Waals surface area contributed by atoms with Gasteiger partial charge in [0.2, 0.25) is 0 Å². The van der Waals surface area contributed by atoms with Crippen LogP contribution in [0.1, 0.15) is 98.3 Å². The van der Waals surface area contributed by atoms with E-state index in [0.29, 0.717) is 29.6 Å². The molecule has 4 aliphatic rings. The van der Waals surface area contributed by atoms with E-state index >= 15 is 0 Å². The van der Waals surface area contributed by atoms with Crippen LogP contribution in [0.3, 0.4) is 0 Å². The van der Waals surface area contributed by atoms with E-state index in [4.69, 9.17) is 5.73 Å². The summed E-state index contributed by atoms with van der Waals surface area (Å²) in [6, 6.07) is 0. The smallest absolute Gasteiger partial charge is 0.286 e. The zero-order chi connectivity index (χ0) is 24.6. The monoisotopic (exact) mass is 474 g/mol.